The van der Waals surface area contributed by atoms with Crippen molar-refractivity contribution in [3.8, 4) is 0 Å². The molecule has 1 aliphatic rings. The molecule has 134 valence electrons. The van der Waals surface area contributed by atoms with Gasteiger partial charge in [0.15, 0.2) is 0 Å². The Morgan fingerprint density at radius 1 is 1.12 bits per heavy atom. The van der Waals surface area contributed by atoms with E-state index < -0.39 is 22.0 Å². The van der Waals surface area contributed by atoms with Crippen LogP contribution in [0.2, 0.25) is 0 Å². The zero-order chi connectivity index (χ0) is 17.7. The van der Waals surface area contributed by atoms with Gasteiger partial charge >= 0.3 is 5.97 Å². The Morgan fingerprint density at radius 2 is 1.71 bits per heavy atom. The number of sulfonamides is 1. The molecule has 1 aliphatic carbocycles. The molecule has 1 unspecified atom stereocenters. The highest BCUT2D eigenvalue weighted by Gasteiger charge is 2.29. The topological polar surface area (TPSA) is 72.5 Å². The van der Waals surface area contributed by atoms with Crippen molar-refractivity contribution in [3.63, 3.8) is 0 Å². The molecule has 0 saturated heterocycles. The molecule has 0 heterocycles. The number of methoxy groups -OCH3 is 1. The molecule has 1 aromatic carbocycles. The number of ether oxygens (including phenoxy) is 1. The van der Waals surface area contributed by atoms with Crippen LogP contribution in [-0.2, 0) is 19.6 Å². The molecule has 0 bridgehead atoms. The minimum atomic E-state index is -3.76. The third-order valence-corrected chi connectivity index (χ3v) is 6.13. The fraction of sp³-hybridized carbons (Fsp3) is 0.611. The summed E-state index contributed by atoms with van der Waals surface area (Å²) in [6.07, 6.45) is 6.10. The van der Waals surface area contributed by atoms with E-state index in [0.29, 0.717) is 5.92 Å². The third-order valence-electron chi connectivity index (χ3n) is 4.67. The van der Waals surface area contributed by atoms with Crippen LogP contribution in [0.5, 0.6) is 0 Å². The highest BCUT2D eigenvalue weighted by Crippen LogP contribution is 2.32. The number of nitrogens with one attached hydrogen (secondary N) is 1. The van der Waals surface area contributed by atoms with Crippen LogP contribution in [0.15, 0.2) is 29.2 Å². The average molecular weight is 353 g/mol. The summed E-state index contributed by atoms with van der Waals surface area (Å²) in [5.41, 5.74) is 1.20. The van der Waals surface area contributed by atoms with E-state index in [-0.39, 0.29) is 10.8 Å². The van der Waals surface area contributed by atoms with Gasteiger partial charge in [-0.25, -0.2) is 8.42 Å². The molecule has 24 heavy (non-hydrogen) atoms. The molecule has 1 saturated carbocycles. The van der Waals surface area contributed by atoms with E-state index in [1.54, 1.807) is 26.0 Å². The van der Waals surface area contributed by atoms with Gasteiger partial charge in [0, 0.05) is 0 Å². The van der Waals surface area contributed by atoms with E-state index >= 15 is 0 Å². The molecule has 0 amide bonds. The van der Waals surface area contributed by atoms with Gasteiger partial charge in [0.1, 0.15) is 6.04 Å². The maximum Gasteiger partial charge on any atom is 0.324 e. The normalized spacial score (nSPS) is 17.7. The van der Waals surface area contributed by atoms with Gasteiger partial charge in [0.05, 0.1) is 12.0 Å². The van der Waals surface area contributed by atoms with E-state index in [4.69, 9.17) is 0 Å². The van der Waals surface area contributed by atoms with Crippen molar-refractivity contribution in [3.05, 3.63) is 29.8 Å². The Bertz CT molecular complexity index is 646. The third kappa shape index (κ3) is 4.57. The number of rotatable bonds is 6. The second-order valence-corrected chi connectivity index (χ2v) is 8.48. The predicted molar refractivity (Wildman–Crippen MR) is 93.2 cm³/mol. The Hall–Kier alpha value is -1.40. The Morgan fingerprint density at radius 3 is 2.21 bits per heavy atom. The fourth-order valence-electron chi connectivity index (χ4n) is 3.17. The van der Waals surface area contributed by atoms with E-state index in [2.05, 4.69) is 9.46 Å². The number of hydrogen-bond acceptors (Lipinski definition) is 4. The summed E-state index contributed by atoms with van der Waals surface area (Å²) in [5.74, 6) is -0.247. The molecule has 1 fully saturated rings. The zero-order valence-electron chi connectivity index (χ0n) is 14.6. The largest absolute Gasteiger partial charge is 0.468 e. The Balaban J connectivity index is 2.15. The van der Waals surface area contributed by atoms with Gasteiger partial charge < -0.3 is 4.74 Å². The average Bonchev–Trinajstić information content (AvgIpc) is 2.59. The van der Waals surface area contributed by atoms with Crippen molar-refractivity contribution >= 4 is 16.0 Å². The minimum absolute atomic E-state index is 0.177. The van der Waals surface area contributed by atoms with Crippen LogP contribution in [0.25, 0.3) is 0 Å². The van der Waals surface area contributed by atoms with Gasteiger partial charge in [-0.2, -0.15) is 4.72 Å². The first kappa shape index (κ1) is 18.9. The highest BCUT2D eigenvalue weighted by molar-refractivity contribution is 7.89. The van der Waals surface area contributed by atoms with Gasteiger partial charge in [-0.1, -0.05) is 45.2 Å². The summed E-state index contributed by atoms with van der Waals surface area (Å²) in [6, 6.07) is 6.15. The molecule has 0 aromatic heterocycles. The second kappa shape index (κ2) is 8.12. The van der Waals surface area contributed by atoms with Crippen molar-refractivity contribution in [1.82, 2.24) is 4.72 Å². The van der Waals surface area contributed by atoms with Crippen molar-refractivity contribution in [2.45, 2.75) is 62.8 Å². The fourth-order valence-corrected chi connectivity index (χ4v) is 4.51. The first-order chi connectivity index (χ1) is 11.3. The van der Waals surface area contributed by atoms with Crippen LogP contribution >= 0.6 is 0 Å². The minimum Gasteiger partial charge on any atom is -0.468 e. The lowest BCUT2D eigenvalue weighted by Crippen LogP contribution is -2.44. The predicted octanol–water partition coefficient (Wildman–Crippen LogP) is 3.21. The van der Waals surface area contributed by atoms with Crippen molar-refractivity contribution in [2.24, 2.45) is 5.92 Å². The first-order valence-corrected chi connectivity index (χ1v) is 10.0. The van der Waals surface area contributed by atoms with E-state index in [0.717, 1.165) is 0 Å². The zero-order valence-corrected chi connectivity index (χ0v) is 15.4. The summed E-state index contributed by atoms with van der Waals surface area (Å²) in [6.45, 7) is 3.55. The summed E-state index contributed by atoms with van der Waals surface area (Å²) in [5, 5.41) is 0. The SMILES string of the molecule is COC(=O)C(NS(=O)(=O)c1ccc(C2CCCCC2)cc1)C(C)C. The molecule has 1 atom stereocenters. The standard InChI is InChI=1S/C18H27NO4S/c1-13(2)17(18(20)23-3)19-24(21,22)16-11-9-15(10-12-16)14-7-5-4-6-8-14/h9-14,17,19H,4-8H2,1-3H3. The Kier molecular flexibility index (Phi) is 6.40. The van der Waals surface area contributed by atoms with Crippen LogP contribution in [0.3, 0.4) is 0 Å². The van der Waals surface area contributed by atoms with Crippen molar-refractivity contribution in [2.75, 3.05) is 7.11 Å². The van der Waals surface area contributed by atoms with Crippen LogP contribution in [0, 0.1) is 5.92 Å². The number of carbonyl (C=O) groups is 1. The van der Waals surface area contributed by atoms with Crippen molar-refractivity contribution < 1.29 is 17.9 Å². The van der Waals surface area contributed by atoms with Crippen LogP contribution in [0.1, 0.15) is 57.4 Å². The number of benzene rings is 1. The van der Waals surface area contributed by atoms with E-state index in [1.165, 1.54) is 44.8 Å². The molecule has 1 N–H and O–H groups in total. The quantitative estimate of drug-likeness (QED) is 0.797. The summed E-state index contributed by atoms with van der Waals surface area (Å²) in [7, 11) is -2.50. The maximum absolute atomic E-state index is 12.5. The summed E-state index contributed by atoms with van der Waals surface area (Å²) >= 11 is 0. The summed E-state index contributed by atoms with van der Waals surface area (Å²) in [4.78, 5) is 12.0. The lowest BCUT2D eigenvalue weighted by atomic mass is 9.84. The highest BCUT2D eigenvalue weighted by atomic mass is 32.2. The van der Waals surface area contributed by atoms with Gasteiger partial charge in [-0.3, -0.25) is 4.79 Å². The van der Waals surface area contributed by atoms with Crippen LogP contribution in [-0.4, -0.2) is 27.5 Å². The molecule has 6 heteroatoms. The molecule has 1 aromatic rings. The van der Waals surface area contributed by atoms with Gasteiger partial charge in [-0.05, 0) is 42.4 Å². The first-order valence-electron chi connectivity index (χ1n) is 8.55. The molecule has 2 rings (SSSR count). The molecular weight excluding hydrogens is 326 g/mol. The maximum atomic E-state index is 12.5. The number of esters is 1. The monoisotopic (exact) mass is 353 g/mol. The van der Waals surface area contributed by atoms with E-state index in [1.807, 2.05) is 12.1 Å². The second-order valence-electron chi connectivity index (χ2n) is 6.77. The number of hydrogen-bond donors (Lipinski definition) is 1. The molecule has 0 aliphatic heterocycles. The number of carbonyl (C=O) groups excluding carboxylic acids is 1. The lowest BCUT2D eigenvalue weighted by Gasteiger charge is -2.22. The van der Waals surface area contributed by atoms with E-state index in [9.17, 15) is 13.2 Å². The molecule has 0 radical (unpaired) electrons. The van der Waals surface area contributed by atoms with Gasteiger partial charge in [0.25, 0.3) is 0 Å². The van der Waals surface area contributed by atoms with Crippen LogP contribution in [0.4, 0.5) is 0 Å². The lowest BCUT2D eigenvalue weighted by molar-refractivity contribution is -0.143. The van der Waals surface area contributed by atoms with Crippen molar-refractivity contribution in [1.29, 1.82) is 0 Å². The summed E-state index contributed by atoms with van der Waals surface area (Å²) < 4.78 is 32.2. The van der Waals surface area contributed by atoms with Crippen LogP contribution < -0.4 is 4.72 Å². The molecule has 0 spiro atoms. The molecule has 5 nitrogen and oxygen atoms in total. The van der Waals surface area contributed by atoms with Gasteiger partial charge in [0.2, 0.25) is 10.0 Å². The smallest absolute Gasteiger partial charge is 0.324 e. The van der Waals surface area contributed by atoms with Gasteiger partial charge in [-0.15, -0.1) is 0 Å². The Labute approximate surface area is 144 Å². The molecular formula is C18H27NO4S.